The smallest absolute Gasteiger partial charge is 0.233 e. The molecular weight excluding hydrogens is 140 g/mol. The summed E-state index contributed by atoms with van der Waals surface area (Å²) in [5, 5.41) is 0. The fourth-order valence-electron chi connectivity index (χ4n) is 0.927. The summed E-state index contributed by atoms with van der Waals surface area (Å²) in [5.74, 6) is -0.879. The Morgan fingerprint density at radius 2 is 2.00 bits per heavy atom. The van der Waals surface area contributed by atoms with Crippen LogP contribution in [0.15, 0.2) is 36.0 Å². The van der Waals surface area contributed by atoms with Crippen LogP contribution in [0, 0.1) is 0 Å². The minimum atomic E-state index is -0.451. The largest absolute Gasteiger partial charge is 0.285 e. The van der Waals surface area contributed by atoms with Crippen molar-refractivity contribution < 1.29 is 9.59 Å². The second kappa shape index (κ2) is 2.66. The van der Waals surface area contributed by atoms with Gasteiger partial charge in [0.1, 0.15) is 0 Å². The van der Waals surface area contributed by atoms with Crippen LogP contribution < -0.4 is 0 Å². The van der Waals surface area contributed by atoms with E-state index in [1.165, 1.54) is 6.08 Å². The van der Waals surface area contributed by atoms with Crippen molar-refractivity contribution in [2.45, 2.75) is 6.92 Å². The maximum atomic E-state index is 11.0. The molecule has 0 fully saturated rings. The third-order valence-corrected chi connectivity index (χ3v) is 1.57. The highest BCUT2D eigenvalue weighted by atomic mass is 16.2. The van der Waals surface area contributed by atoms with Gasteiger partial charge < -0.3 is 0 Å². The topological polar surface area (TPSA) is 34.1 Å². The Kier molecular flexibility index (Phi) is 1.85. The molecule has 1 aliphatic rings. The summed E-state index contributed by atoms with van der Waals surface area (Å²) in [5.41, 5.74) is 0.855. The van der Waals surface area contributed by atoms with Crippen LogP contribution in [0.2, 0.25) is 0 Å². The van der Waals surface area contributed by atoms with Crippen molar-refractivity contribution in [3.05, 3.63) is 36.0 Å². The van der Waals surface area contributed by atoms with Crippen LogP contribution in [0.3, 0.4) is 0 Å². The van der Waals surface area contributed by atoms with E-state index in [2.05, 4.69) is 6.58 Å². The van der Waals surface area contributed by atoms with Gasteiger partial charge in [0.25, 0.3) is 0 Å². The fraction of sp³-hybridized carbons (Fsp3) is 0.111. The van der Waals surface area contributed by atoms with Gasteiger partial charge in [-0.2, -0.15) is 0 Å². The molecule has 0 bridgehead atoms. The standard InChI is InChI=1S/C9H8O2/c1-3-6-5-7(4-2)9(11)8(6)10/h3-5H,1H2,2H3/b7-4+. The highest BCUT2D eigenvalue weighted by molar-refractivity contribution is 6.53. The number of hydrogen-bond donors (Lipinski definition) is 0. The molecular formula is C9H8O2. The third kappa shape index (κ3) is 1.07. The Morgan fingerprint density at radius 1 is 1.36 bits per heavy atom. The van der Waals surface area contributed by atoms with Crippen molar-refractivity contribution in [1.82, 2.24) is 0 Å². The maximum Gasteiger partial charge on any atom is 0.233 e. The molecule has 0 aromatic heterocycles. The van der Waals surface area contributed by atoms with Gasteiger partial charge in [0.15, 0.2) is 0 Å². The maximum absolute atomic E-state index is 11.0. The Balaban J connectivity index is 3.13. The Morgan fingerprint density at radius 3 is 2.27 bits per heavy atom. The fourth-order valence-corrected chi connectivity index (χ4v) is 0.927. The lowest BCUT2D eigenvalue weighted by Crippen LogP contribution is -2.08. The van der Waals surface area contributed by atoms with E-state index in [0.29, 0.717) is 11.1 Å². The van der Waals surface area contributed by atoms with Gasteiger partial charge in [0, 0.05) is 11.1 Å². The molecule has 56 valence electrons. The molecule has 2 nitrogen and oxygen atoms in total. The van der Waals surface area contributed by atoms with Crippen LogP contribution in [0.5, 0.6) is 0 Å². The summed E-state index contributed by atoms with van der Waals surface area (Å²) in [4.78, 5) is 22.0. The number of Topliss-reactive ketones (excluding diaryl/α,β-unsaturated/α-hetero) is 2. The van der Waals surface area contributed by atoms with Crippen LogP contribution in [0.4, 0.5) is 0 Å². The molecule has 0 aromatic rings. The molecule has 1 rings (SSSR count). The van der Waals surface area contributed by atoms with Gasteiger partial charge in [-0.25, -0.2) is 0 Å². The summed E-state index contributed by atoms with van der Waals surface area (Å²) >= 11 is 0. The Hall–Kier alpha value is -1.44. The van der Waals surface area contributed by atoms with Crippen LogP contribution in [-0.2, 0) is 9.59 Å². The first-order valence-corrected chi connectivity index (χ1v) is 3.30. The SMILES string of the molecule is C=CC1=C/C(=C\C)C(=O)C1=O. The molecule has 0 saturated heterocycles. The molecule has 0 saturated carbocycles. The first-order valence-electron chi connectivity index (χ1n) is 3.30. The Bertz CT molecular complexity index is 293. The van der Waals surface area contributed by atoms with Crippen LogP contribution in [0.25, 0.3) is 0 Å². The minimum absolute atomic E-state index is 0.392. The zero-order chi connectivity index (χ0) is 8.43. The highest BCUT2D eigenvalue weighted by Crippen LogP contribution is 2.16. The van der Waals surface area contributed by atoms with Gasteiger partial charge in [-0.1, -0.05) is 18.7 Å². The second-order valence-corrected chi connectivity index (χ2v) is 2.21. The molecule has 0 radical (unpaired) electrons. The van der Waals surface area contributed by atoms with Crippen molar-refractivity contribution in [3.8, 4) is 0 Å². The van der Waals surface area contributed by atoms with Gasteiger partial charge in [0.2, 0.25) is 11.6 Å². The number of rotatable bonds is 1. The van der Waals surface area contributed by atoms with Crippen molar-refractivity contribution in [1.29, 1.82) is 0 Å². The van der Waals surface area contributed by atoms with Crippen LogP contribution in [-0.4, -0.2) is 11.6 Å². The molecule has 0 unspecified atom stereocenters. The van der Waals surface area contributed by atoms with Gasteiger partial charge in [-0.15, -0.1) is 0 Å². The molecule has 0 aliphatic heterocycles. The number of carbonyl (C=O) groups excluding carboxylic acids is 2. The number of allylic oxidation sites excluding steroid dienone is 5. The summed E-state index contributed by atoms with van der Waals surface area (Å²) in [6.07, 6.45) is 4.57. The first-order chi connectivity index (χ1) is 5.20. The van der Waals surface area contributed by atoms with Crippen molar-refractivity contribution >= 4 is 11.6 Å². The monoisotopic (exact) mass is 148 g/mol. The quantitative estimate of drug-likeness (QED) is 0.413. The lowest BCUT2D eigenvalue weighted by atomic mass is 10.2. The van der Waals surface area contributed by atoms with Gasteiger partial charge in [-0.05, 0) is 13.0 Å². The van der Waals surface area contributed by atoms with Crippen LogP contribution in [0.1, 0.15) is 6.92 Å². The lowest BCUT2D eigenvalue weighted by Gasteiger charge is -1.85. The number of ketones is 2. The van der Waals surface area contributed by atoms with E-state index < -0.39 is 11.6 Å². The van der Waals surface area contributed by atoms with E-state index in [1.54, 1.807) is 19.1 Å². The van der Waals surface area contributed by atoms with Gasteiger partial charge >= 0.3 is 0 Å². The van der Waals surface area contributed by atoms with Crippen LogP contribution >= 0.6 is 0 Å². The van der Waals surface area contributed by atoms with E-state index in [1.807, 2.05) is 0 Å². The molecule has 0 heterocycles. The lowest BCUT2D eigenvalue weighted by molar-refractivity contribution is -0.131. The predicted octanol–water partition coefficient (Wildman–Crippen LogP) is 1.20. The molecule has 0 amide bonds. The molecule has 0 N–H and O–H groups in total. The first kappa shape index (κ1) is 7.66. The summed E-state index contributed by atoms with van der Waals surface area (Å²) in [6.45, 7) is 5.15. The van der Waals surface area contributed by atoms with E-state index in [9.17, 15) is 9.59 Å². The second-order valence-electron chi connectivity index (χ2n) is 2.21. The average molecular weight is 148 g/mol. The molecule has 0 aromatic carbocycles. The third-order valence-electron chi connectivity index (χ3n) is 1.57. The summed E-state index contributed by atoms with van der Waals surface area (Å²) < 4.78 is 0. The molecule has 0 spiro atoms. The number of carbonyl (C=O) groups is 2. The molecule has 0 atom stereocenters. The van der Waals surface area contributed by atoms with Crippen molar-refractivity contribution in [3.63, 3.8) is 0 Å². The number of hydrogen-bond acceptors (Lipinski definition) is 2. The normalized spacial score (nSPS) is 20.8. The zero-order valence-corrected chi connectivity index (χ0v) is 6.26. The summed E-state index contributed by atoms with van der Waals surface area (Å²) in [6, 6.07) is 0. The van der Waals surface area contributed by atoms with E-state index >= 15 is 0 Å². The van der Waals surface area contributed by atoms with E-state index in [-0.39, 0.29) is 0 Å². The van der Waals surface area contributed by atoms with Crippen molar-refractivity contribution in [2.75, 3.05) is 0 Å². The predicted molar refractivity (Wildman–Crippen MR) is 42.1 cm³/mol. The average Bonchev–Trinajstić information content (AvgIpc) is 2.30. The highest BCUT2D eigenvalue weighted by Gasteiger charge is 2.26. The van der Waals surface area contributed by atoms with Gasteiger partial charge in [-0.3, -0.25) is 9.59 Å². The van der Waals surface area contributed by atoms with E-state index in [0.717, 1.165) is 0 Å². The Labute approximate surface area is 64.9 Å². The van der Waals surface area contributed by atoms with E-state index in [4.69, 9.17) is 0 Å². The molecule has 11 heavy (non-hydrogen) atoms. The zero-order valence-electron chi connectivity index (χ0n) is 6.26. The molecule has 2 heteroatoms. The minimum Gasteiger partial charge on any atom is -0.285 e. The van der Waals surface area contributed by atoms with Crippen molar-refractivity contribution in [2.24, 2.45) is 0 Å². The molecule has 1 aliphatic carbocycles. The summed E-state index contributed by atoms with van der Waals surface area (Å²) in [7, 11) is 0. The van der Waals surface area contributed by atoms with Gasteiger partial charge in [0.05, 0.1) is 0 Å².